The fourth-order valence-electron chi connectivity index (χ4n) is 1.14. The smallest absolute Gasteiger partial charge is 0.148 e. The van der Waals surface area contributed by atoms with Crippen molar-refractivity contribution in [3.8, 4) is 0 Å². The van der Waals surface area contributed by atoms with Gasteiger partial charge in [0, 0.05) is 17.5 Å². The zero-order valence-corrected chi connectivity index (χ0v) is 10.8. The summed E-state index contributed by atoms with van der Waals surface area (Å²) in [4.78, 5) is 0. The van der Waals surface area contributed by atoms with Crippen LogP contribution in [0.2, 0.25) is 0 Å². The molecule has 0 spiro atoms. The lowest BCUT2D eigenvalue weighted by Crippen LogP contribution is -2.39. The average molecular weight is 222 g/mol. The zero-order chi connectivity index (χ0) is 12.4. The van der Waals surface area contributed by atoms with E-state index < -0.39 is 0 Å². The number of nitrogens with two attached hydrogens (primary N) is 1. The first-order valence-corrected chi connectivity index (χ1v) is 5.55. The van der Waals surface area contributed by atoms with Gasteiger partial charge in [0.05, 0.1) is 5.69 Å². The van der Waals surface area contributed by atoms with E-state index >= 15 is 0 Å². The van der Waals surface area contributed by atoms with E-state index in [0.29, 0.717) is 6.54 Å². The first-order chi connectivity index (χ1) is 7.18. The predicted octanol–water partition coefficient (Wildman–Crippen LogP) is 1.92. The van der Waals surface area contributed by atoms with Crippen molar-refractivity contribution in [1.29, 1.82) is 0 Å². The lowest BCUT2D eigenvalue weighted by Gasteiger charge is -2.20. The van der Waals surface area contributed by atoms with Crippen LogP contribution >= 0.6 is 0 Å². The molecule has 16 heavy (non-hydrogen) atoms. The minimum Gasteiger partial charge on any atom is -0.367 e. The first-order valence-electron chi connectivity index (χ1n) is 5.55. The molecule has 0 aliphatic rings. The number of rotatable bonds is 3. The molecule has 0 saturated heterocycles. The summed E-state index contributed by atoms with van der Waals surface area (Å²) in [6, 6.07) is 3.94. The van der Waals surface area contributed by atoms with Gasteiger partial charge in [-0.15, -0.1) is 5.10 Å². The minimum atomic E-state index is -0.246. The van der Waals surface area contributed by atoms with Crippen LogP contribution in [0.5, 0.6) is 0 Å². The number of hydrogen-bond donors (Lipinski definition) is 2. The van der Waals surface area contributed by atoms with Crippen LogP contribution in [0.3, 0.4) is 0 Å². The molecule has 1 rings (SSSR count). The van der Waals surface area contributed by atoms with E-state index in [9.17, 15) is 0 Å². The number of aromatic nitrogens is 2. The topological polar surface area (TPSA) is 63.8 Å². The van der Waals surface area contributed by atoms with Crippen LogP contribution in [-0.4, -0.2) is 22.3 Å². The van der Waals surface area contributed by atoms with Crippen LogP contribution in [0, 0.1) is 0 Å². The fourth-order valence-corrected chi connectivity index (χ4v) is 1.14. The highest BCUT2D eigenvalue weighted by molar-refractivity contribution is 5.34. The van der Waals surface area contributed by atoms with Crippen molar-refractivity contribution in [2.45, 2.75) is 45.6 Å². The maximum atomic E-state index is 5.87. The molecule has 0 saturated carbocycles. The Balaban J connectivity index is 2.66. The van der Waals surface area contributed by atoms with Gasteiger partial charge in [-0.3, -0.25) is 0 Å². The number of nitrogens with one attached hydrogen (secondary N) is 1. The van der Waals surface area contributed by atoms with E-state index in [1.165, 1.54) is 0 Å². The van der Waals surface area contributed by atoms with Crippen molar-refractivity contribution >= 4 is 5.82 Å². The van der Waals surface area contributed by atoms with Gasteiger partial charge in [0.15, 0.2) is 0 Å². The summed E-state index contributed by atoms with van der Waals surface area (Å²) < 4.78 is 0. The third-order valence-corrected chi connectivity index (χ3v) is 2.16. The van der Waals surface area contributed by atoms with Gasteiger partial charge in [0.2, 0.25) is 0 Å². The fraction of sp³-hybridized carbons (Fsp3) is 0.667. The lowest BCUT2D eigenvalue weighted by molar-refractivity contribution is 0.544. The molecule has 0 aromatic carbocycles. The molecule has 1 aromatic rings. The molecule has 90 valence electrons. The second kappa shape index (κ2) is 4.37. The molecule has 1 heterocycles. The predicted molar refractivity (Wildman–Crippen MR) is 67.5 cm³/mol. The molecule has 3 N–H and O–H groups in total. The van der Waals surface area contributed by atoms with E-state index in [2.05, 4.69) is 36.3 Å². The van der Waals surface area contributed by atoms with Crippen molar-refractivity contribution in [1.82, 2.24) is 10.2 Å². The maximum absolute atomic E-state index is 5.87. The summed E-state index contributed by atoms with van der Waals surface area (Å²) in [6.45, 7) is 11.0. The number of anilines is 1. The van der Waals surface area contributed by atoms with Crippen molar-refractivity contribution in [2.75, 3.05) is 11.9 Å². The molecule has 4 heteroatoms. The van der Waals surface area contributed by atoms with Crippen LogP contribution < -0.4 is 11.1 Å². The quantitative estimate of drug-likeness (QED) is 0.820. The zero-order valence-electron chi connectivity index (χ0n) is 10.8. The van der Waals surface area contributed by atoms with Gasteiger partial charge in [-0.05, 0) is 26.0 Å². The van der Waals surface area contributed by atoms with Gasteiger partial charge in [-0.1, -0.05) is 20.8 Å². The van der Waals surface area contributed by atoms with Crippen molar-refractivity contribution < 1.29 is 0 Å². The largest absolute Gasteiger partial charge is 0.367 e. The lowest BCUT2D eigenvalue weighted by atomic mass is 9.92. The molecule has 0 aliphatic heterocycles. The van der Waals surface area contributed by atoms with Gasteiger partial charge in [0.25, 0.3) is 0 Å². The number of hydrogen-bond acceptors (Lipinski definition) is 4. The summed E-state index contributed by atoms with van der Waals surface area (Å²) >= 11 is 0. The second-order valence-electron chi connectivity index (χ2n) is 5.90. The molecule has 0 atom stereocenters. The molecule has 0 amide bonds. The Morgan fingerprint density at radius 3 is 2.12 bits per heavy atom. The van der Waals surface area contributed by atoms with E-state index in [1.807, 2.05) is 26.0 Å². The van der Waals surface area contributed by atoms with Crippen LogP contribution in [-0.2, 0) is 5.41 Å². The molecular weight excluding hydrogens is 200 g/mol. The van der Waals surface area contributed by atoms with Crippen molar-refractivity contribution in [3.63, 3.8) is 0 Å². The Hall–Kier alpha value is -1.16. The van der Waals surface area contributed by atoms with E-state index in [4.69, 9.17) is 5.73 Å². The Labute approximate surface area is 97.6 Å². The standard InChI is InChI=1S/C12H22N4/c1-11(2,3)9-6-7-10(16-15-9)14-8-12(4,5)13/h6-7H,8,13H2,1-5H3,(H,14,16). The highest BCUT2D eigenvalue weighted by Gasteiger charge is 2.16. The van der Waals surface area contributed by atoms with Crippen LogP contribution in [0.15, 0.2) is 12.1 Å². The van der Waals surface area contributed by atoms with E-state index in [-0.39, 0.29) is 11.0 Å². The van der Waals surface area contributed by atoms with Crippen LogP contribution in [0.25, 0.3) is 0 Å². The highest BCUT2D eigenvalue weighted by atomic mass is 15.2. The summed E-state index contributed by atoms with van der Waals surface area (Å²) in [5.41, 5.74) is 6.66. The van der Waals surface area contributed by atoms with E-state index in [1.54, 1.807) is 0 Å². The van der Waals surface area contributed by atoms with Gasteiger partial charge >= 0.3 is 0 Å². The summed E-state index contributed by atoms with van der Waals surface area (Å²) in [6.07, 6.45) is 0. The molecule has 4 nitrogen and oxygen atoms in total. The number of nitrogens with zero attached hydrogens (tertiary/aromatic N) is 2. The molecular formula is C12H22N4. The Kier molecular flexibility index (Phi) is 3.53. The van der Waals surface area contributed by atoms with Crippen LogP contribution in [0.4, 0.5) is 5.82 Å². The molecule has 0 radical (unpaired) electrons. The van der Waals surface area contributed by atoms with Crippen molar-refractivity contribution in [2.24, 2.45) is 5.73 Å². The van der Waals surface area contributed by atoms with Crippen molar-refractivity contribution in [3.05, 3.63) is 17.8 Å². The third-order valence-electron chi connectivity index (χ3n) is 2.16. The average Bonchev–Trinajstić information content (AvgIpc) is 2.13. The Morgan fingerprint density at radius 1 is 1.12 bits per heavy atom. The van der Waals surface area contributed by atoms with Crippen LogP contribution in [0.1, 0.15) is 40.3 Å². The Bertz CT molecular complexity index is 330. The van der Waals surface area contributed by atoms with E-state index in [0.717, 1.165) is 11.5 Å². The third kappa shape index (κ3) is 4.14. The first kappa shape index (κ1) is 12.9. The van der Waals surface area contributed by atoms with Gasteiger partial charge in [-0.2, -0.15) is 5.10 Å². The maximum Gasteiger partial charge on any atom is 0.148 e. The summed E-state index contributed by atoms with van der Waals surface area (Å²) in [5, 5.41) is 11.5. The molecule has 0 bridgehead atoms. The Morgan fingerprint density at radius 2 is 1.75 bits per heavy atom. The summed E-state index contributed by atoms with van der Waals surface area (Å²) in [5.74, 6) is 0.770. The van der Waals surface area contributed by atoms with Gasteiger partial charge < -0.3 is 11.1 Å². The summed E-state index contributed by atoms with van der Waals surface area (Å²) in [7, 11) is 0. The SMILES string of the molecule is CC(C)(N)CNc1ccc(C(C)(C)C)nn1. The molecule has 0 aliphatic carbocycles. The molecule has 0 fully saturated rings. The normalized spacial score (nSPS) is 12.6. The molecule has 1 aromatic heterocycles. The van der Waals surface area contributed by atoms with Gasteiger partial charge in [0.1, 0.15) is 5.82 Å². The van der Waals surface area contributed by atoms with Gasteiger partial charge in [-0.25, -0.2) is 0 Å². The second-order valence-corrected chi connectivity index (χ2v) is 5.90. The monoisotopic (exact) mass is 222 g/mol. The molecule has 0 unspecified atom stereocenters. The highest BCUT2D eigenvalue weighted by Crippen LogP contribution is 2.19. The minimum absolute atomic E-state index is 0.0403.